The number of aliphatic hydroxyl groups excluding tert-OH is 1. The normalized spacial score (nSPS) is 10.8. The molecule has 0 fully saturated rings. The molecule has 26 heavy (non-hydrogen) atoms. The highest BCUT2D eigenvalue weighted by Gasteiger charge is 2.12. The molecule has 7 heteroatoms. The first-order chi connectivity index (χ1) is 12.5. The van der Waals surface area contributed by atoms with Gasteiger partial charge in [0.2, 0.25) is 0 Å². The number of hydrogen-bond acceptors (Lipinski definition) is 4. The average molecular weight is 402 g/mol. The Kier molecular flexibility index (Phi) is 8.45. The van der Waals surface area contributed by atoms with E-state index in [2.05, 4.69) is 5.32 Å². The standard InChI is InChI=1S/C19H22Cl2FNO3/c1-2-25-18-8-14(11-23-6-3-7-24)17(21)10-19(18)26-12-13-4-5-15(22)9-16(13)20/h4-5,8-10,23-24H,2-3,6-7,11-12H2,1H3. The molecule has 0 amide bonds. The first-order valence-electron chi connectivity index (χ1n) is 8.38. The van der Waals surface area contributed by atoms with Gasteiger partial charge >= 0.3 is 0 Å². The van der Waals surface area contributed by atoms with E-state index >= 15 is 0 Å². The van der Waals surface area contributed by atoms with Crippen LogP contribution in [0, 0.1) is 5.82 Å². The van der Waals surface area contributed by atoms with Crippen LogP contribution < -0.4 is 14.8 Å². The Labute approximate surface area is 162 Å². The van der Waals surface area contributed by atoms with Gasteiger partial charge in [-0.05, 0) is 43.7 Å². The quantitative estimate of drug-likeness (QED) is 0.572. The number of hydrogen-bond donors (Lipinski definition) is 2. The van der Waals surface area contributed by atoms with E-state index in [0.29, 0.717) is 53.2 Å². The van der Waals surface area contributed by atoms with Crippen LogP contribution in [0.4, 0.5) is 4.39 Å². The molecule has 0 aliphatic heterocycles. The van der Waals surface area contributed by atoms with E-state index in [0.717, 1.165) is 5.56 Å². The van der Waals surface area contributed by atoms with Crippen molar-refractivity contribution in [1.29, 1.82) is 0 Å². The molecule has 0 radical (unpaired) electrons. The lowest BCUT2D eigenvalue weighted by Crippen LogP contribution is -2.16. The largest absolute Gasteiger partial charge is 0.490 e. The van der Waals surface area contributed by atoms with E-state index in [-0.39, 0.29) is 13.2 Å². The van der Waals surface area contributed by atoms with E-state index < -0.39 is 5.82 Å². The van der Waals surface area contributed by atoms with Gasteiger partial charge in [-0.15, -0.1) is 0 Å². The lowest BCUT2D eigenvalue weighted by molar-refractivity contribution is 0.269. The van der Waals surface area contributed by atoms with Gasteiger partial charge in [-0.3, -0.25) is 0 Å². The summed E-state index contributed by atoms with van der Waals surface area (Å²) in [5, 5.41) is 12.9. The van der Waals surface area contributed by atoms with E-state index in [1.54, 1.807) is 12.1 Å². The fourth-order valence-corrected chi connectivity index (χ4v) is 2.76. The van der Waals surface area contributed by atoms with E-state index in [1.807, 2.05) is 13.0 Å². The highest BCUT2D eigenvalue weighted by Crippen LogP contribution is 2.34. The molecule has 0 saturated carbocycles. The molecule has 0 unspecified atom stereocenters. The van der Waals surface area contributed by atoms with Gasteiger partial charge in [-0.2, -0.15) is 0 Å². The third-order valence-corrected chi connectivity index (χ3v) is 4.34. The molecule has 4 nitrogen and oxygen atoms in total. The monoisotopic (exact) mass is 401 g/mol. The molecule has 0 saturated heterocycles. The minimum atomic E-state index is -0.394. The molecule has 2 rings (SSSR count). The maximum Gasteiger partial charge on any atom is 0.163 e. The summed E-state index contributed by atoms with van der Waals surface area (Å²) in [5.41, 5.74) is 1.54. The Bertz CT molecular complexity index is 728. The van der Waals surface area contributed by atoms with Crippen LogP contribution in [0.25, 0.3) is 0 Å². The molecule has 0 aliphatic rings. The molecule has 2 aromatic carbocycles. The van der Waals surface area contributed by atoms with Crippen molar-refractivity contribution < 1.29 is 19.0 Å². The fraction of sp³-hybridized carbons (Fsp3) is 0.368. The van der Waals surface area contributed by atoms with Crippen molar-refractivity contribution in [2.45, 2.75) is 26.5 Å². The summed E-state index contributed by atoms with van der Waals surface area (Å²) in [4.78, 5) is 0. The highest BCUT2D eigenvalue weighted by molar-refractivity contribution is 6.31. The molecule has 142 valence electrons. The zero-order valence-corrected chi connectivity index (χ0v) is 16.0. The van der Waals surface area contributed by atoms with Crippen LogP contribution in [0.5, 0.6) is 11.5 Å². The second-order valence-corrected chi connectivity index (χ2v) is 6.42. The fourth-order valence-electron chi connectivity index (χ4n) is 2.32. The maximum atomic E-state index is 13.1. The topological polar surface area (TPSA) is 50.7 Å². The summed E-state index contributed by atoms with van der Waals surface area (Å²) in [5.74, 6) is 0.681. The number of benzene rings is 2. The Hall–Kier alpha value is -1.53. The number of rotatable bonds is 10. The summed E-state index contributed by atoms with van der Waals surface area (Å²) >= 11 is 12.4. The van der Waals surface area contributed by atoms with Crippen LogP contribution in [0.2, 0.25) is 10.0 Å². The zero-order chi connectivity index (χ0) is 18.9. The van der Waals surface area contributed by atoms with Gasteiger partial charge in [0.25, 0.3) is 0 Å². The van der Waals surface area contributed by atoms with Crippen molar-refractivity contribution in [2.24, 2.45) is 0 Å². The smallest absolute Gasteiger partial charge is 0.163 e. The lowest BCUT2D eigenvalue weighted by Gasteiger charge is -2.16. The zero-order valence-electron chi connectivity index (χ0n) is 14.5. The Morgan fingerprint density at radius 1 is 1.04 bits per heavy atom. The third kappa shape index (κ3) is 6.02. The highest BCUT2D eigenvalue weighted by atomic mass is 35.5. The number of ether oxygens (including phenoxy) is 2. The molecule has 0 bridgehead atoms. The Morgan fingerprint density at radius 3 is 2.46 bits per heavy atom. The molecule has 0 aromatic heterocycles. The lowest BCUT2D eigenvalue weighted by atomic mass is 10.2. The molecule has 2 N–H and O–H groups in total. The van der Waals surface area contributed by atoms with Crippen LogP contribution in [0.3, 0.4) is 0 Å². The number of nitrogens with one attached hydrogen (secondary N) is 1. The van der Waals surface area contributed by atoms with E-state index in [1.165, 1.54) is 12.1 Å². The first kappa shape index (κ1) is 20.8. The van der Waals surface area contributed by atoms with Crippen LogP contribution >= 0.6 is 23.2 Å². The minimum Gasteiger partial charge on any atom is -0.490 e. The molecule has 0 aliphatic carbocycles. The van der Waals surface area contributed by atoms with E-state index in [9.17, 15) is 4.39 Å². The maximum absolute atomic E-state index is 13.1. The second kappa shape index (κ2) is 10.6. The summed E-state index contributed by atoms with van der Waals surface area (Å²) in [7, 11) is 0. The van der Waals surface area contributed by atoms with E-state index in [4.69, 9.17) is 37.8 Å². The summed E-state index contributed by atoms with van der Waals surface area (Å²) in [6.45, 7) is 3.93. The number of halogens is 3. The Morgan fingerprint density at radius 2 is 1.77 bits per heavy atom. The van der Waals surface area contributed by atoms with Gasteiger partial charge < -0.3 is 19.9 Å². The summed E-state index contributed by atoms with van der Waals surface area (Å²) in [6, 6.07) is 7.70. The molecular weight excluding hydrogens is 380 g/mol. The third-order valence-electron chi connectivity index (χ3n) is 3.64. The molecule has 0 atom stereocenters. The predicted molar refractivity (Wildman–Crippen MR) is 102 cm³/mol. The van der Waals surface area contributed by atoms with Crippen molar-refractivity contribution in [3.63, 3.8) is 0 Å². The Balaban J connectivity index is 2.12. The van der Waals surface area contributed by atoms with Gasteiger partial charge in [0.05, 0.1) is 11.6 Å². The van der Waals surface area contributed by atoms with Crippen LogP contribution in [-0.2, 0) is 13.2 Å². The predicted octanol–water partition coefficient (Wildman–Crippen LogP) is 4.58. The number of aliphatic hydroxyl groups is 1. The van der Waals surface area contributed by atoms with Crippen LogP contribution in [-0.4, -0.2) is 24.9 Å². The molecule has 0 spiro atoms. The minimum absolute atomic E-state index is 0.143. The molecule has 0 heterocycles. The summed E-state index contributed by atoms with van der Waals surface area (Å²) < 4.78 is 24.6. The van der Waals surface area contributed by atoms with Gasteiger partial charge in [0.1, 0.15) is 12.4 Å². The van der Waals surface area contributed by atoms with Crippen LogP contribution in [0.15, 0.2) is 30.3 Å². The van der Waals surface area contributed by atoms with Crippen molar-refractivity contribution in [2.75, 3.05) is 19.8 Å². The van der Waals surface area contributed by atoms with Gasteiger partial charge in [-0.1, -0.05) is 29.3 Å². The van der Waals surface area contributed by atoms with Gasteiger partial charge in [0.15, 0.2) is 11.5 Å². The van der Waals surface area contributed by atoms with Crippen molar-refractivity contribution in [1.82, 2.24) is 5.32 Å². The molecule has 2 aromatic rings. The summed E-state index contributed by atoms with van der Waals surface area (Å²) in [6.07, 6.45) is 0.676. The van der Waals surface area contributed by atoms with Gasteiger partial charge in [0, 0.05) is 29.8 Å². The van der Waals surface area contributed by atoms with Crippen molar-refractivity contribution in [3.8, 4) is 11.5 Å². The van der Waals surface area contributed by atoms with Crippen LogP contribution in [0.1, 0.15) is 24.5 Å². The SMILES string of the molecule is CCOc1cc(CNCCCO)c(Cl)cc1OCc1ccc(F)cc1Cl. The van der Waals surface area contributed by atoms with Gasteiger partial charge in [-0.25, -0.2) is 4.39 Å². The first-order valence-corrected chi connectivity index (χ1v) is 9.14. The van der Waals surface area contributed by atoms with Crippen molar-refractivity contribution >= 4 is 23.2 Å². The molecular formula is C19H22Cl2FNO3. The second-order valence-electron chi connectivity index (χ2n) is 5.60. The average Bonchev–Trinajstić information content (AvgIpc) is 2.61. The van der Waals surface area contributed by atoms with Crippen molar-refractivity contribution in [3.05, 3.63) is 57.3 Å².